The number of hydrogen-bond donors (Lipinski definition) is 1. The lowest BCUT2D eigenvalue weighted by atomic mass is 10.1. The summed E-state index contributed by atoms with van der Waals surface area (Å²) in [5, 5.41) is 11.7. The van der Waals surface area contributed by atoms with Crippen LogP contribution in [0.1, 0.15) is 27.7 Å². The number of thioether (sulfide) groups is 1. The Hall–Kier alpha value is -2.06. The zero-order valence-corrected chi connectivity index (χ0v) is 17.4. The molecule has 2 amide bonds. The van der Waals surface area contributed by atoms with Crippen LogP contribution in [0.2, 0.25) is 5.02 Å². The molecule has 2 rings (SSSR count). The average molecular weight is 411 g/mol. The van der Waals surface area contributed by atoms with Gasteiger partial charge in [0.1, 0.15) is 0 Å². The summed E-state index contributed by atoms with van der Waals surface area (Å²) in [5.41, 5.74) is 0.412. The summed E-state index contributed by atoms with van der Waals surface area (Å²) in [6, 6.07) is 7.03. The molecule has 0 radical (unpaired) electrons. The Morgan fingerprint density at radius 1 is 1.22 bits per heavy atom. The number of halogens is 1. The first-order valence-corrected chi connectivity index (χ1v) is 9.85. The van der Waals surface area contributed by atoms with Crippen LogP contribution in [0.4, 0.5) is 0 Å². The SMILES string of the molecule is CCN(CC(=O)NC(C)(C)C)C(=O)CSc1nnc(-c2ccc(Cl)cc2)o1. The van der Waals surface area contributed by atoms with Crippen LogP contribution in [-0.2, 0) is 9.59 Å². The first-order valence-electron chi connectivity index (χ1n) is 8.49. The summed E-state index contributed by atoms with van der Waals surface area (Å²) in [6.45, 7) is 7.98. The lowest BCUT2D eigenvalue weighted by molar-refractivity contribution is -0.134. The zero-order chi connectivity index (χ0) is 20.0. The summed E-state index contributed by atoms with van der Waals surface area (Å²) in [5.74, 6) is 0.112. The third-order valence-corrected chi connectivity index (χ3v) is 4.46. The van der Waals surface area contributed by atoms with Gasteiger partial charge in [-0.1, -0.05) is 23.4 Å². The van der Waals surface area contributed by atoms with Crippen LogP contribution in [0.3, 0.4) is 0 Å². The highest BCUT2D eigenvalue weighted by Crippen LogP contribution is 2.24. The van der Waals surface area contributed by atoms with Crippen LogP contribution in [0.5, 0.6) is 0 Å². The molecule has 0 unspecified atom stereocenters. The maximum Gasteiger partial charge on any atom is 0.277 e. The zero-order valence-electron chi connectivity index (χ0n) is 15.8. The summed E-state index contributed by atoms with van der Waals surface area (Å²) >= 11 is 7.00. The Morgan fingerprint density at radius 2 is 1.89 bits per heavy atom. The van der Waals surface area contributed by atoms with E-state index in [1.807, 2.05) is 27.7 Å². The van der Waals surface area contributed by atoms with E-state index in [4.69, 9.17) is 16.0 Å². The Bertz CT molecular complexity index is 787. The van der Waals surface area contributed by atoms with Gasteiger partial charge in [-0.3, -0.25) is 9.59 Å². The molecule has 1 heterocycles. The molecular formula is C18H23ClN4O3S. The molecule has 0 saturated carbocycles. The van der Waals surface area contributed by atoms with E-state index in [0.717, 1.165) is 17.3 Å². The summed E-state index contributed by atoms with van der Waals surface area (Å²) in [6.07, 6.45) is 0. The van der Waals surface area contributed by atoms with Gasteiger partial charge in [-0.25, -0.2) is 0 Å². The molecule has 7 nitrogen and oxygen atoms in total. The topological polar surface area (TPSA) is 88.3 Å². The van der Waals surface area contributed by atoms with Crippen LogP contribution in [0.15, 0.2) is 33.9 Å². The first kappa shape index (κ1) is 21.2. The van der Waals surface area contributed by atoms with E-state index >= 15 is 0 Å². The van der Waals surface area contributed by atoms with Crippen molar-refractivity contribution >= 4 is 35.2 Å². The number of rotatable bonds is 7. The van der Waals surface area contributed by atoms with Crippen LogP contribution in [0.25, 0.3) is 11.5 Å². The molecule has 1 aromatic carbocycles. The minimum atomic E-state index is -0.337. The van der Waals surface area contributed by atoms with Crippen molar-refractivity contribution in [2.24, 2.45) is 0 Å². The van der Waals surface area contributed by atoms with E-state index in [9.17, 15) is 9.59 Å². The first-order chi connectivity index (χ1) is 12.7. The van der Waals surface area contributed by atoms with Crippen LogP contribution in [0, 0.1) is 0 Å². The van der Waals surface area contributed by atoms with Gasteiger partial charge in [-0.05, 0) is 52.0 Å². The highest BCUT2D eigenvalue weighted by Gasteiger charge is 2.20. The number of aromatic nitrogens is 2. The largest absolute Gasteiger partial charge is 0.411 e. The summed E-state index contributed by atoms with van der Waals surface area (Å²) < 4.78 is 5.57. The van der Waals surface area contributed by atoms with E-state index in [0.29, 0.717) is 22.7 Å². The summed E-state index contributed by atoms with van der Waals surface area (Å²) in [4.78, 5) is 25.9. The van der Waals surface area contributed by atoms with Gasteiger partial charge in [-0.15, -0.1) is 10.2 Å². The number of nitrogens with one attached hydrogen (secondary N) is 1. The van der Waals surface area contributed by atoms with Gasteiger partial charge in [0.05, 0.1) is 12.3 Å². The predicted octanol–water partition coefficient (Wildman–Crippen LogP) is 3.25. The molecule has 0 atom stereocenters. The second kappa shape index (κ2) is 9.23. The van der Waals surface area contributed by atoms with Crippen molar-refractivity contribution in [2.75, 3.05) is 18.8 Å². The lowest BCUT2D eigenvalue weighted by Gasteiger charge is -2.24. The van der Waals surface area contributed by atoms with Crippen molar-refractivity contribution in [1.82, 2.24) is 20.4 Å². The summed E-state index contributed by atoms with van der Waals surface area (Å²) in [7, 11) is 0. The van der Waals surface area contributed by atoms with Crippen LogP contribution in [-0.4, -0.2) is 51.3 Å². The van der Waals surface area contributed by atoms with Crippen molar-refractivity contribution in [3.63, 3.8) is 0 Å². The molecule has 0 bridgehead atoms. The third kappa shape index (κ3) is 6.88. The Morgan fingerprint density at radius 3 is 2.48 bits per heavy atom. The van der Waals surface area contributed by atoms with E-state index < -0.39 is 0 Å². The quantitative estimate of drug-likeness (QED) is 0.705. The maximum atomic E-state index is 12.4. The third-order valence-electron chi connectivity index (χ3n) is 3.40. The van der Waals surface area contributed by atoms with Gasteiger partial charge in [-0.2, -0.15) is 0 Å². The fourth-order valence-electron chi connectivity index (χ4n) is 2.20. The van der Waals surface area contributed by atoms with Gasteiger partial charge in [0.2, 0.25) is 17.7 Å². The number of carbonyl (C=O) groups is 2. The van der Waals surface area contributed by atoms with Gasteiger partial charge in [0.15, 0.2) is 0 Å². The maximum absolute atomic E-state index is 12.4. The fraction of sp³-hybridized carbons (Fsp3) is 0.444. The molecule has 0 aliphatic rings. The molecule has 9 heteroatoms. The molecule has 0 aliphatic carbocycles. The van der Waals surface area contributed by atoms with Crippen molar-refractivity contribution in [1.29, 1.82) is 0 Å². The van der Waals surface area contributed by atoms with E-state index in [1.165, 1.54) is 4.90 Å². The number of benzene rings is 1. The molecule has 27 heavy (non-hydrogen) atoms. The highest BCUT2D eigenvalue weighted by molar-refractivity contribution is 7.99. The fourth-order valence-corrected chi connectivity index (χ4v) is 2.99. The van der Waals surface area contributed by atoms with Crippen LogP contribution < -0.4 is 5.32 Å². The van der Waals surface area contributed by atoms with Crippen molar-refractivity contribution in [2.45, 2.75) is 38.5 Å². The number of amides is 2. The van der Waals surface area contributed by atoms with Crippen molar-refractivity contribution in [3.8, 4) is 11.5 Å². The second-order valence-electron chi connectivity index (χ2n) is 6.87. The monoisotopic (exact) mass is 410 g/mol. The molecular weight excluding hydrogens is 388 g/mol. The number of likely N-dealkylation sites (N-methyl/N-ethyl adjacent to an activating group) is 1. The van der Waals surface area contributed by atoms with Gasteiger partial charge in [0.25, 0.3) is 5.22 Å². The Labute approximate surface area is 167 Å². The van der Waals surface area contributed by atoms with Gasteiger partial charge >= 0.3 is 0 Å². The van der Waals surface area contributed by atoms with Gasteiger partial charge in [0, 0.05) is 22.7 Å². The molecule has 1 N–H and O–H groups in total. The number of nitrogens with zero attached hydrogens (tertiary/aromatic N) is 3. The highest BCUT2D eigenvalue weighted by atomic mass is 35.5. The molecule has 146 valence electrons. The molecule has 2 aromatic rings. The van der Waals surface area contributed by atoms with E-state index in [-0.39, 0.29) is 29.7 Å². The normalized spacial score (nSPS) is 11.3. The molecule has 0 saturated heterocycles. The average Bonchev–Trinajstić information content (AvgIpc) is 3.05. The van der Waals surface area contributed by atoms with E-state index in [1.54, 1.807) is 24.3 Å². The minimum absolute atomic E-state index is 0.0209. The van der Waals surface area contributed by atoms with Crippen molar-refractivity contribution in [3.05, 3.63) is 29.3 Å². The van der Waals surface area contributed by atoms with Crippen LogP contribution >= 0.6 is 23.4 Å². The Kier molecular flexibility index (Phi) is 7.26. The molecule has 1 aromatic heterocycles. The number of hydrogen-bond acceptors (Lipinski definition) is 6. The standard InChI is InChI=1S/C18H23ClN4O3S/c1-5-23(10-14(24)20-18(2,3)4)15(25)11-27-17-22-21-16(26-17)12-6-8-13(19)9-7-12/h6-9H,5,10-11H2,1-4H3,(H,20,24). The smallest absolute Gasteiger partial charge is 0.277 e. The predicted molar refractivity (Wildman–Crippen MR) is 106 cm³/mol. The number of carbonyl (C=O) groups excluding carboxylic acids is 2. The molecule has 0 aliphatic heterocycles. The molecule has 0 spiro atoms. The van der Waals surface area contributed by atoms with Crippen molar-refractivity contribution < 1.29 is 14.0 Å². The molecule has 0 fully saturated rings. The van der Waals surface area contributed by atoms with Gasteiger partial charge < -0.3 is 14.6 Å². The van der Waals surface area contributed by atoms with E-state index in [2.05, 4.69) is 15.5 Å². The Balaban J connectivity index is 1.90. The lowest BCUT2D eigenvalue weighted by Crippen LogP contribution is -2.47. The minimum Gasteiger partial charge on any atom is -0.411 e. The second-order valence-corrected chi connectivity index (χ2v) is 8.24.